The van der Waals surface area contributed by atoms with Crippen LogP contribution in [0.25, 0.3) is 0 Å². The summed E-state index contributed by atoms with van der Waals surface area (Å²) < 4.78 is 13.4. The van der Waals surface area contributed by atoms with Gasteiger partial charge in [-0.3, -0.25) is 4.79 Å². The average molecular weight is 264 g/mol. The van der Waals surface area contributed by atoms with E-state index in [1.54, 1.807) is 11.0 Å². The molecule has 0 saturated carbocycles. The molecule has 0 bridgehead atoms. The zero-order valence-corrected chi connectivity index (χ0v) is 11.6. The molecule has 0 aliphatic carbocycles. The van der Waals surface area contributed by atoms with Crippen LogP contribution in [0, 0.1) is 11.2 Å². The van der Waals surface area contributed by atoms with E-state index >= 15 is 0 Å². The fraction of sp³-hybridized carbons (Fsp3) is 0.533. The zero-order chi connectivity index (χ0) is 14.0. The summed E-state index contributed by atoms with van der Waals surface area (Å²) in [6, 6.07) is 4.39. The van der Waals surface area contributed by atoms with E-state index in [2.05, 4.69) is 13.8 Å². The van der Waals surface area contributed by atoms with Gasteiger partial charge in [-0.2, -0.15) is 0 Å². The molecule has 1 amide bonds. The molecule has 0 radical (unpaired) electrons. The molecule has 1 fully saturated rings. The Bertz CT molecular complexity index is 479. The van der Waals surface area contributed by atoms with Crippen LogP contribution in [0.5, 0.6) is 0 Å². The van der Waals surface area contributed by atoms with Gasteiger partial charge in [0.25, 0.3) is 5.91 Å². The molecule has 1 saturated heterocycles. The molecule has 0 spiro atoms. The van der Waals surface area contributed by atoms with E-state index in [4.69, 9.17) is 5.73 Å². The largest absolute Gasteiger partial charge is 0.396 e. The molecule has 2 N–H and O–H groups in total. The van der Waals surface area contributed by atoms with Gasteiger partial charge in [-0.05, 0) is 30.4 Å². The Kier molecular flexibility index (Phi) is 3.78. The maximum absolute atomic E-state index is 13.4. The minimum atomic E-state index is -0.527. The topological polar surface area (TPSA) is 46.3 Å². The molecule has 1 aromatic carbocycles. The lowest BCUT2D eigenvalue weighted by Crippen LogP contribution is -2.42. The van der Waals surface area contributed by atoms with Gasteiger partial charge in [0.05, 0.1) is 11.3 Å². The van der Waals surface area contributed by atoms with E-state index < -0.39 is 5.82 Å². The van der Waals surface area contributed by atoms with Gasteiger partial charge in [0.1, 0.15) is 5.82 Å². The van der Waals surface area contributed by atoms with Gasteiger partial charge in [-0.1, -0.05) is 26.3 Å². The second-order valence-corrected chi connectivity index (χ2v) is 5.66. The normalized spacial score (nSPS) is 18.4. The van der Waals surface area contributed by atoms with Crippen LogP contribution in [0.3, 0.4) is 0 Å². The predicted molar refractivity (Wildman–Crippen MR) is 74.3 cm³/mol. The van der Waals surface area contributed by atoms with Crippen LogP contribution in [-0.4, -0.2) is 23.9 Å². The molecule has 0 atom stereocenters. The molecule has 104 valence electrons. The number of para-hydroxylation sites is 1. The summed E-state index contributed by atoms with van der Waals surface area (Å²) in [6.07, 6.45) is 3.10. The number of likely N-dealkylation sites (tertiary alicyclic amines) is 1. The highest BCUT2D eigenvalue weighted by Gasteiger charge is 2.31. The molecule has 4 heteroatoms. The third-order valence-corrected chi connectivity index (χ3v) is 4.39. The number of piperidine rings is 1. The third-order valence-electron chi connectivity index (χ3n) is 4.39. The highest BCUT2D eigenvalue weighted by molar-refractivity contribution is 5.99. The summed E-state index contributed by atoms with van der Waals surface area (Å²) in [4.78, 5) is 14.1. The van der Waals surface area contributed by atoms with Crippen molar-refractivity contribution in [2.45, 2.75) is 33.1 Å². The Balaban J connectivity index is 2.12. The molecule has 0 aromatic heterocycles. The highest BCUT2D eigenvalue weighted by atomic mass is 19.1. The number of hydrogen-bond acceptors (Lipinski definition) is 2. The second kappa shape index (κ2) is 5.19. The molecular formula is C15H21FN2O. The number of amides is 1. The Morgan fingerprint density at radius 2 is 2.05 bits per heavy atom. The van der Waals surface area contributed by atoms with E-state index in [0.29, 0.717) is 5.41 Å². The quantitative estimate of drug-likeness (QED) is 0.834. The zero-order valence-electron chi connectivity index (χ0n) is 11.6. The summed E-state index contributed by atoms with van der Waals surface area (Å²) in [6.45, 7) is 5.88. The molecule has 1 heterocycles. The van der Waals surface area contributed by atoms with Crippen LogP contribution >= 0.6 is 0 Å². The number of carbonyl (C=O) groups is 1. The fourth-order valence-electron chi connectivity index (χ4n) is 2.50. The summed E-state index contributed by atoms with van der Waals surface area (Å²) in [7, 11) is 0. The molecule has 2 rings (SSSR count). The van der Waals surface area contributed by atoms with Gasteiger partial charge in [0.15, 0.2) is 0 Å². The lowest BCUT2D eigenvalue weighted by molar-refractivity contribution is 0.0601. The molecule has 1 aromatic rings. The van der Waals surface area contributed by atoms with E-state index in [0.717, 1.165) is 32.4 Å². The second-order valence-electron chi connectivity index (χ2n) is 5.66. The van der Waals surface area contributed by atoms with Crippen molar-refractivity contribution in [3.8, 4) is 0 Å². The van der Waals surface area contributed by atoms with E-state index in [1.165, 1.54) is 12.1 Å². The van der Waals surface area contributed by atoms with E-state index in [9.17, 15) is 9.18 Å². The van der Waals surface area contributed by atoms with Crippen LogP contribution in [0.1, 0.15) is 43.5 Å². The SMILES string of the molecule is CCC1(C)CCN(C(=O)c2cccc(F)c2N)CC1. The first-order chi connectivity index (χ1) is 8.97. The molecular weight excluding hydrogens is 243 g/mol. The van der Waals surface area contributed by atoms with Gasteiger partial charge in [-0.15, -0.1) is 0 Å². The lowest BCUT2D eigenvalue weighted by Gasteiger charge is -2.39. The Morgan fingerprint density at radius 3 is 2.63 bits per heavy atom. The standard InChI is InChI=1S/C15H21FN2O/c1-3-15(2)7-9-18(10-8-15)14(19)11-5-4-6-12(16)13(11)17/h4-6H,3,7-10,17H2,1-2H3. The molecule has 1 aliphatic rings. The van der Waals surface area contributed by atoms with Gasteiger partial charge in [0, 0.05) is 13.1 Å². The predicted octanol–water partition coefficient (Wildman–Crippen LogP) is 3.06. The van der Waals surface area contributed by atoms with Crippen LogP contribution in [0.15, 0.2) is 18.2 Å². The maximum Gasteiger partial charge on any atom is 0.256 e. The summed E-state index contributed by atoms with van der Waals surface area (Å²) in [5, 5.41) is 0. The number of carbonyl (C=O) groups excluding carboxylic acids is 1. The Labute approximate surface area is 113 Å². The van der Waals surface area contributed by atoms with Gasteiger partial charge in [-0.25, -0.2) is 4.39 Å². The molecule has 1 aliphatic heterocycles. The number of benzene rings is 1. The van der Waals surface area contributed by atoms with Crippen molar-refractivity contribution in [2.75, 3.05) is 18.8 Å². The van der Waals surface area contributed by atoms with Crippen molar-refractivity contribution in [3.05, 3.63) is 29.6 Å². The van der Waals surface area contributed by atoms with Crippen LogP contribution in [0.4, 0.5) is 10.1 Å². The molecule has 0 unspecified atom stereocenters. The van der Waals surface area contributed by atoms with Gasteiger partial charge >= 0.3 is 0 Å². The number of nitrogens with zero attached hydrogens (tertiary/aromatic N) is 1. The van der Waals surface area contributed by atoms with Crippen LogP contribution < -0.4 is 5.73 Å². The number of anilines is 1. The average Bonchev–Trinajstić information content (AvgIpc) is 2.42. The monoisotopic (exact) mass is 264 g/mol. The minimum absolute atomic E-state index is 0.0451. The first-order valence-electron chi connectivity index (χ1n) is 6.80. The number of nitrogen functional groups attached to an aromatic ring is 1. The number of rotatable bonds is 2. The smallest absolute Gasteiger partial charge is 0.256 e. The van der Waals surface area contributed by atoms with Crippen molar-refractivity contribution in [3.63, 3.8) is 0 Å². The van der Waals surface area contributed by atoms with Gasteiger partial charge in [0.2, 0.25) is 0 Å². The van der Waals surface area contributed by atoms with Crippen molar-refractivity contribution >= 4 is 11.6 Å². The Morgan fingerprint density at radius 1 is 1.42 bits per heavy atom. The maximum atomic E-state index is 13.4. The fourth-order valence-corrected chi connectivity index (χ4v) is 2.50. The van der Waals surface area contributed by atoms with Crippen molar-refractivity contribution in [1.82, 2.24) is 4.90 Å². The van der Waals surface area contributed by atoms with E-state index in [-0.39, 0.29) is 17.2 Å². The van der Waals surface area contributed by atoms with Crippen molar-refractivity contribution in [2.24, 2.45) is 5.41 Å². The van der Waals surface area contributed by atoms with Crippen LogP contribution in [0.2, 0.25) is 0 Å². The number of hydrogen-bond donors (Lipinski definition) is 1. The van der Waals surface area contributed by atoms with E-state index in [1.807, 2.05) is 0 Å². The summed E-state index contributed by atoms with van der Waals surface area (Å²) in [5.41, 5.74) is 6.20. The first kappa shape index (κ1) is 13.8. The molecule has 3 nitrogen and oxygen atoms in total. The lowest BCUT2D eigenvalue weighted by atomic mass is 9.78. The summed E-state index contributed by atoms with van der Waals surface area (Å²) in [5.74, 6) is -0.684. The highest BCUT2D eigenvalue weighted by Crippen LogP contribution is 2.34. The van der Waals surface area contributed by atoms with Crippen molar-refractivity contribution < 1.29 is 9.18 Å². The number of halogens is 1. The number of nitrogens with two attached hydrogens (primary N) is 1. The summed E-state index contributed by atoms with van der Waals surface area (Å²) >= 11 is 0. The third kappa shape index (κ3) is 2.72. The van der Waals surface area contributed by atoms with Crippen LogP contribution in [-0.2, 0) is 0 Å². The first-order valence-corrected chi connectivity index (χ1v) is 6.80. The van der Waals surface area contributed by atoms with Crippen molar-refractivity contribution in [1.29, 1.82) is 0 Å². The Hall–Kier alpha value is -1.58. The molecule has 19 heavy (non-hydrogen) atoms. The minimum Gasteiger partial charge on any atom is -0.396 e. The van der Waals surface area contributed by atoms with Gasteiger partial charge < -0.3 is 10.6 Å².